The van der Waals surface area contributed by atoms with Crippen LogP contribution in [0.5, 0.6) is 0 Å². The van der Waals surface area contributed by atoms with E-state index in [4.69, 9.17) is 19.4 Å². The van der Waals surface area contributed by atoms with Crippen molar-refractivity contribution >= 4 is 65.3 Å². The molecule has 50 heavy (non-hydrogen) atoms. The third-order valence-corrected chi connectivity index (χ3v) is 9.99. The van der Waals surface area contributed by atoms with Crippen LogP contribution in [-0.2, 0) is 0 Å². The lowest BCUT2D eigenvalue weighted by Crippen LogP contribution is -2.00. The molecule has 5 nitrogen and oxygen atoms in total. The van der Waals surface area contributed by atoms with Crippen molar-refractivity contribution in [1.29, 1.82) is 0 Å². The van der Waals surface area contributed by atoms with Gasteiger partial charge in [-0.3, -0.25) is 0 Å². The number of nitrogens with zero attached hydrogens (tertiary/aromatic N) is 4. The highest BCUT2D eigenvalue weighted by Gasteiger charge is 2.23. The van der Waals surface area contributed by atoms with Gasteiger partial charge < -0.3 is 8.98 Å². The van der Waals surface area contributed by atoms with Crippen LogP contribution in [0.1, 0.15) is 0 Å². The summed E-state index contributed by atoms with van der Waals surface area (Å²) in [5.41, 5.74) is 8.03. The molecule has 3 aromatic heterocycles. The van der Waals surface area contributed by atoms with Gasteiger partial charge in [-0.05, 0) is 64.0 Å². The quantitative estimate of drug-likeness (QED) is 0.192. The maximum atomic E-state index is 6.61. The molecule has 0 aliphatic heterocycles. The standard InChI is InChI=1S/C45H26N4O/c1-4-12-27(13-5-1)43-46-44(28-14-6-2-7-15-28)48-45(47-43)29-22-23-31-32-18-10-20-35-39(32)41-36(49(35)30-16-8-3-9-17-30)24-25-38-42(41)40-33(34(31)26-29)19-11-21-37(40)50-38/h1-26H. The first kappa shape index (κ1) is 27.1. The third kappa shape index (κ3) is 3.86. The molecular formula is C45H26N4O. The topological polar surface area (TPSA) is 56.7 Å². The van der Waals surface area contributed by atoms with Crippen LogP contribution < -0.4 is 0 Å². The van der Waals surface area contributed by atoms with Crippen molar-refractivity contribution in [2.24, 2.45) is 0 Å². The number of para-hydroxylation sites is 1. The van der Waals surface area contributed by atoms with Crippen molar-refractivity contribution in [2.45, 2.75) is 0 Å². The zero-order valence-corrected chi connectivity index (χ0v) is 26.7. The summed E-state index contributed by atoms with van der Waals surface area (Å²) < 4.78 is 8.99. The summed E-state index contributed by atoms with van der Waals surface area (Å²) in [6.07, 6.45) is 0. The maximum absolute atomic E-state index is 6.61. The first-order valence-electron chi connectivity index (χ1n) is 16.8. The lowest BCUT2D eigenvalue weighted by atomic mass is 9.93. The molecule has 0 N–H and O–H groups in total. The summed E-state index contributed by atoms with van der Waals surface area (Å²) in [7, 11) is 0. The lowest BCUT2D eigenvalue weighted by molar-refractivity contribution is 0.669. The molecule has 232 valence electrons. The number of rotatable bonds is 4. The van der Waals surface area contributed by atoms with Crippen molar-refractivity contribution in [1.82, 2.24) is 19.5 Å². The molecule has 0 unspecified atom stereocenters. The molecule has 5 heteroatoms. The summed E-state index contributed by atoms with van der Waals surface area (Å²) in [5.74, 6) is 1.91. The van der Waals surface area contributed by atoms with E-state index < -0.39 is 0 Å². The van der Waals surface area contributed by atoms with Crippen LogP contribution in [0.4, 0.5) is 0 Å². The molecule has 0 spiro atoms. The molecule has 3 heterocycles. The highest BCUT2D eigenvalue weighted by molar-refractivity contribution is 6.38. The van der Waals surface area contributed by atoms with Gasteiger partial charge in [0, 0.05) is 43.9 Å². The Morgan fingerprint density at radius 1 is 0.360 bits per heavy atom. The minimum Gasteiger partial charge on any atom is -0.456 e. The SMILES string of the molecule is c1ccc(-c2nc(-c3ccccc3)nc(-c3ccc4c(c3)c3cccc5oc6ccc7c(c6c53)c3c4cccc3n7-c3ccccc3)n2)cc1. The normalized spacial score (nSPS) is 12.0. The molecule has 0 amide bonds. The van der Waals surface area contributed by atoms with Gasteiger partial charge in [0.05, 0.1) is 11.0 Å². The van der Waals surface area contributed by atoms with E-state index in [-0.39, 0.29) is 0 Å². The number of furan rings is 1. The van der Waals surface area contributed by atoms with Crippen molar-refractivity contribution in [2.75, 3.05) is 0 Å². The molecule has 0 atom stereocenters. The molecule has 0 radical (unpaired) electrons. The second kappa shape index (κ2) is 10.3. The summed E-state index contributed by atoms with van der Waals surface area (Å²) in [6, 6.07) is 54.9. The van der Waals surface area contributed by atoms with Gasteiger partial charge in [0.15, 0.2) is 17.5 Å². The number of benzene rings is 7. The van der Waals surface area contributed by atoms with Gasteiger partial charge in [-0.25, -0.2) is 15.0 Å². The molecule has 0 bridgehead atoms. The molecular weight excluding hydrogens is 613 g/mol. The zero-order chi connectivity index (χ0) is 32.8. The maximum Gasteiger partial charge on any atom is 0.164 e. The molecule has 0 saturated heterocycles. The molecule has 0 aliphatic rings. The third-order valence-electron chi connectivity index (χ3n) is 9.99. The Morgan fingerprint density at radius 2 is 0.940 bits per heavy atom. The van der Waals surface area contributed by atoms with Gasteiger partial charge in [0.2, 0.25) is 0 Å². The Balaban J connectivity index is 1.28. The van der Waals surface area contributed by atoms with Crippen LogP contribution in [-0.4, -0.2) is 19.5 Å². The fourth-order valence-corrected chi connectivity index (χ4v) is 7.84. The molecule has 11 rings (SSSR count). The minimum absolute atomic E-state index is 0.628. The van der Waals surface area contributed by atoms with Gasteiger partial charge in [-0.2, -0.15) is 0 Å². The Bertz CT molecular complexity index is 3010. The fourth-order valence-electron chi connectivity index (χ4n) is 7.84. The van der Waals surface area contributed by atoms with E-state index in [0.29, 0.717) is 17.5 Å². The lowest BCUT2D eigenvalue weighted by Gasteiger charge is -2.11. The Kier molecular flexibility index (Phi) is 5.60. The van der Waals surface area contributed by atoms with Crippen LogP contribution in [0.25, 0.3) is 105 Å². The van der Waals surface area contributed by atoms with Crippen LogP contribution in [0.3, 0.4) is 0 Å². The summed E-state index contributed by atoms with van der Waals surface area (Å²) in [5, 5.41) is 9.29. The highest BCUT2D eigenvalue weighted by atomic mass is 16.3. The fraction of sp³-hybridized carbons (Fsp3) is 0. The molecule has 0 fully saturated rings. The second-order valence-corrected chi connectivity index (χ2v) is 12.8. The number of aromatic nitrogens is 4. The number of hydrogen-bond donors (Lipinski definition) is 0. The van der Waals surface area contributed by atoms with E-state index in [9.17, 15) is 0 Å². The van der Waals surface area contributed by atoms with E-state index in [2.05, 4.69) is 102 Å². The Labute approximate surface area is 286 Å². The number of fused-ring (bicyclic) bond motifs is 3. The zero-order valence-electron chi connectivity index (χ0n) is 26.7. The van der Waals surface area contributed by atoms with Crippen LogP contribution in [0.15, 0.2) is 162 Å². The average Bonchev–Trinajstić information content (AvgIpc) is 3.74. The molecule has 8 aromatic carbocycles. The van der Waals surface area contributed by atoms with E-state index in [1.54, 1.807) is 0 Å². The second-order valence-electron chi connectivity index (χ2n) is 12.8. The first-order chi connectivity index (χ1) is 24.8. The minimum atomic E-state index is 0.628. The largest absolute Gasteiger partial charge is 0.456 e. The van der Waals surface area contributed by atoms with Gasteiger partial charge in [0.25, 0.3) is 0 Å². The molecule has 0 saturated carbocycles. The number of hydrogen-bond acceptors (Lipinski definition) is 4. The smallest absolute Gasteiger partial charge is 0.164 e. The monoisotopic (exact) mass is 638 g/mol. The van der Waals surface area contributed by atoms with Gasteiger partial charge >= 0.3 is 0 Å². The Morgan fingerprint density at radius 3 is 1.64 bits per heavy atom. The summed E-state index contributed by atoms with van der Waals surface area (Å²) in [6.45, 7) is 0. The van der Waals surface area contributed by atoms with E-state index in [1.807, 2.05) is 60.7 Å². The summed E-state index contributed by atoms with van der Waals surface area (Å²) >= 11 is 0. The Hall–Kier alpha value is -6.85. The van der Waals surface area contributed by atoms with Gasteiger partial charge in [-0.15, -0.1) is 0 Å². The predicted molar refractivity (Wildman–Crippen MR) is 204 cm³/mol. The van der Waals surface area contributed by atoms with E-state index in [0.717, 1.165) is 71.5 Å². The van der Waals surface area contributed by atoms with Crippen molar-refractivity contribution in [3.63, 3.8) is 0 Å². The van der Waals surface area contributed by atoms with Gasteiger partial charge in [0.1, 0.15) is 11.2 Å². The first-order valence-corrected chi connectivity index (χ1v) is 16.8. The highest BCUT2D eigenvalue weighted by Crippen LogP contribution is 2.47. The summed E-state index contributed by atoms with van der Waals surface area (Å²) in [4.78, 5) is 15.1. The van der Waals surface area contributed by atoms with Gasteiger partial charge in [-0.1, -0.05) is 115 Å². The van der Waals surface area contributed by atoms with Crippen molar-refractivity contribution in [3.8, 4) is 39.9 Å². The van der Waals surface area contributed by atoms with Crippen molar-refractivity contribution in [3.05, 3.63) is 158 Å². The average molecular weight is 639 g/mol. The molecule has 0 aliphatic carbocycles. The van der Waals surface area contributed by atoms with Crippen LogP contribution in [0, 0.1) is 0 Å². The molecule has 11 aromatic rings. The van der Waals surface area contributed by atoms with E-state index in [1.165, 1.54) is 16.2 Å². The van der Waals surface area contributed by atoms with Crippen LogP contribution >= 0.6 is 0 Å². The van der Waals surface area contributed by atoms with E-state index >= 15 is 0 Å². The van der Waals surface area contributed by atoms with Crippen molar-refractivity contribution < 1.29 is 4.42 Å². The van der Waals surface area contributed by atoms with Crippen LogP contribution in [0.2, 0.25) is 0 Å². The predicted octanol–water partition coefficient (Wildman–Crippen LogP) is 11.6.